The van der Waals surface area contributed by atoms with Gasteiger partial charge in [-0.15, -0.1) is 12.4 Å². The monoisotopic (exact) mass is 384 g/mol. The molecule has 0 radical (unpaired) electrons. The smallest absolute Gasteiger partial charge is 0.253 e. The van der Waals surface area contributed by atoms with Crippen molar-refractivity contribution in [2.45, 2.75) is 6.42 Å². The van der Waals surface area contributed by atoms with Crippen molar-refractivity contribution in [3.8, 4) is 11.1 Å². The summed E-state index contributed by atoms with van der Waals surface area (Å²) in [5.74, 6) is 0.480. The second-order valence-corrected chi connectivity index (χ2v) is 6.61. The number of halogens is 3. The predicted octanol–water partition coefficient (Wildman–Crippen LogP) is 4.50. The highest BCUT2D eigenvalue weighted by Gasteiger charge is 2.25. The molecule has 1 heterocycles. The first-order valence-corrected chi connectivity index (χ1v) is 8.39. The van der Waals surface area contributed by atoms with E-state index in [9.17, 15) is 4.79 Å². The zero-order valence-electron chi connectivity index (χ0n) is 13.0. The average molecular weight is 386 g/mol. The van der Waals surface area contributed by atoms with Crippen LogP contribution >= 0.6 is 35.6 Å². The Morgan fingerprint density at radius 1 is 1.17 bits per heavy atom. The largest absolute Gasteiger partial charge is 0.338 e. The molecule has 2 aromatic rings. The Morgan fingerprint density at radius 2 is 1.88 bits per heavy atom. The fourth-order valence-electron chi connectivity index (χ4n) is 2.91. The van der Waals surface area contributed by atoms with Gasteiger partial charge in [0.25, 0.3) is 5.91 Å². The third-order valence-corrected chi connectivity index (χ3v) is 5.12. The van der Waals surface area contributed by atoms with Gasteiger partial charge in [-0.1, -0.05) is 47.5 Å². The lowest BCUT2D eigenvalue weighted by Crippen LogP contribution is -2.29. The molecule has 2 aromatic carbocycles. The summed E-state index contributed by atoms with van der Waals surface area (Å²) in [6.45, 7) is 2.16. The molecule has 6 heteroatoms. The summed E-state index contributed by atoms with van der Waals surface area (Å²) in [6, 6.07) is 13.0. The summed E-state index contributed by atoms with van der Waals surface area (Å²) < 4.78 is 0. The van der Waals surface area contributed by atoms with Crippen LogP contribution in [0.25, 0.3) is 11.1 Å². The topological polar surface area (TPSA) is 46.3 Å². The van der Waals surface area contributed by atoms with E-state index in [0.29, 0.717) is 28.1 Å². The van der Waals surface area contributed by atoms with Gasteiger partial charge in [-0.05, 0) is 42.6 Å². The lowest BCUT2D eigenvalue weighted by Gasteiger charge is -2.16. The lowest BCUT2D eigenvalue weighted by molar-refractivity contribution is 0.0787. The highest BCUT2D eigenvalue weighted by Crippen LogP contribution is 2.33. The van der Waals surface area contributed by atoms with E-state index in [-0.39, 0.29) is 18.3 Å². The van der Waals surface area contributed by atoms with E-state index >= 15 is 0 Å². The van der Waals surface area contributed by atoms with E-state index in [1.54, 1.807) is 6.07 Å². The van der Waals surface area contributed by atoms with Gasteiger partial charge in [0.2, 0.25) is 0 Å². The molecule has 1 saturated heterocycles. The molecule has 128 valence electrons. The van der Waals surface area contributed by atoms with Crippen LogP contribution in [0.1, 0.15) is 16.8 Å². The first kappa shape index (κ1) is 19.1. The zero-order valence-corrected chi connectivity index (χ0v) is 15.4. The van der Waals surface area contributed by atoms with E-state index in [1.807, 2.05) is 41.3 Å². The van der Waals surface area contributed by atoms with Crippen molar-refractivity contribution in [3.05, 3.63) is 58.1 Å². The summed E-state index contributed by atoms with van der Waals surface area (Å²) in [6.07, 6.45) is 0.985. The van der Waals surface area contributed by atoms with Gasteiger partial charge in [-0.3, -0.25) is 4.79 Å². The number of nitrogens with two attached hydrogens (primary N) is 1. The molecule has 0 bridgehead atoms. The molecule has 3 rings (SSSR count). The van der Waals surface area contributed by atoms with E-state index in [4.69, 9.17) is 28.9 Å². The summed E-state index contributed by atoms with van der Waals surface area (Å²) in [5, 5.41) is 1.05. The van der Waals surface area contributed by atoms with Crippen LogP contribution in [0.5, 0.6) is 0 Å². The first-order valence-electron chi connectivity index (χ1n) is 7.64. The fraction of sp³-hybridized carbons (Fsp3) is 0.278. The Bertz CT molecular complexity index is 719. The molecule has 0 aromatic heterocycles. The molecule has 1 fully saturated rings. The maximum Gasteiger partial charge on any atom is 0.253 e. The third-order valence-electron chi connectivity index (χ3n) is 4.30. The van der Waals surface area contributed by atoms with Gasteiger partial charge in [0, 0.05) is 24.2 Å². The maximum atomic E-state index is 12.5. The highest BCUT2D eigenvalue weighted by atomic mass is 35.5. The maximum absolute atomic E-state index is 12.5. The van der Waals surface area contributed by atoms with Gasteiger partial charge < -0.3 is 10.6 Å². The van der Waals surface area contributed by atoms with E-state index in [1.165, 1.54) is 0 Å². The van der Waals surface area contributed by atoms with E-state index < -0.39 is 0 Å². The van der Waals surface area contributed by atoms with Crippen LogP contribution in [-0.2, 0) is 0 Å². The Hall–Kier alpha value is -1.26. The van der Waals surface area contributed by atoms with Crippen molar-refractivity contribution in [2.75, 3.05) is 19.6 Å². The van der Waals surface area contributed by atoms with E-state index in [0.717, 1.165) is 30.6 Å². The molecular weight excluding hydrogens is 367 g/mol. The molecule has 2 N–H and O–H groups in total. The SMILES string of the molecule is Cl.NCC1CCN(C(=O)c2ccc(-c3cccc(Cl)c3Cl)cc2)C1. The number of hydrogen-bond donors (Lipinski definition) is 1. The van der Waals surface area contributed by atoms with Crippen LogP contribution in [0.3, 0.4) is 0 Å². The van der Waals surface area contributed by atoms with Gasteiger partial charge in [-0.25, -0.2) is 0 Å². The minimum atomic E-state index is 0. The first-order chi connectivity index (χ1) is 11.1. The van der Waals surface area contributed by atoms with Gasteiger partial charge in [-0.2, -0.15) is 0 Å². The Labute approximate surface area is 158 Å². The van der Waals surface area contributed by atoms with Gasteiger partial charge in [0.15, 0.2) is 0 Å². The molecule has 1 unspecified atom stereocenters. The van der Waals surface area contributed by atoms with Gasteiger partial charge in [0.1, 0.15) is 0 Å². The Balaban J connectivity index is 0.00000208. The molecule has 0 aliphatic carbocycles. The summed E-state index contributed by atoms with van der Waals surface area (Å²) in [7, 11) is 0. The standard InChI is InChI=1S/C18H18Cl2N2O.ClH/c19-16-3-1-2-15(17(16)20)13-4-6-14(7-5-13)18(23)22-9-8-12(10-21)11-22;/h1-7,12H,8-11,21H2;1H. The van der Waals surface area contributed by atoms with Crippen LogP contribution in [0.4, 0.5) is 0 Å². The summed E-state index contributed by atoms with van der Waals surface area (Å²) >= 11 is 12.3. The molecular formula is C18H19Cl3N2O. The number of rotatable bonds is 3. The van der Waals surface area contributed by atoms with Crippen molar-refractivity contribution in [1.29, 1.82) is 0 Å². The van der Waals surface area contributed by atoms with Gasteiger partial charge >= 0.3 is 0 Å². The highest BCUT2D eigenvalue weighted by molar-refractivity contribution is 6.43. The Morgan fingerprint density at radius 3 is 2.50 bits per heavy atom. The number of likely N-dealkylation sites (tertiary alicyclic amines) is 1. The molecule has 1 aliphatic rings. The quantitative estimate of drug-likeness (QED) is 0.845. The minimum absolute atomic E-state index is 0. The molecule has 0 saturated carbocycles. The van der Waals surface area contributed by atoms with Crippen molar-refractivity contribution < 1.29 is 4.79 Å². The lowest BCUT2D eigenvalue weighted by atomic mass is 10.0. The van der Waals surface area contributed by atoms with E-state index in [2.05, 4.69) is 0 Å². The van der Waals surface area contributed by atoms with Crippen molar-refractivity contribution >= 4 is 41.5 Å². The second-order valence-electron chi connectivity index (χ2n) is 5.82. The van der Waals surface area contributed by atoms with Crippen LogP contribution in [0, 0.1) is 5.92 Å². The third kappa shape index (κ3) is 3.86. The number of hydrogen-bond acceptors (Lipinski definition) is 2. The van der Waals surface area contributed by atoms with Crippen LogP contribution in [0.15, 0.2) is 42.5 Å². The number of carbonyl (C=O) groups excluding carboxylic acids is 1. The molecule has 1 amide bonds. The average Bonchev–Trinajstić information content (AvgIpc) is 3.06. The Kier molecular flexibility index (Phi) is 6.53. The van der Waals surface area contributed by atoms with Crippen LogP contribution in [-0.4, -0.2) is 30.4 Å². The normalized spacial score (nSPS) is 16.8. The molecule has 24 heavy (non-hydrogen) atoms. The fourth-order valence-corrected chi connectivity index (χ4v) is 3.32. The molecule has 0 spiro atoms. The van der Waals surface area contributed by atoms with Crippen LogP contribution in [0.2, 0.25) is 10.0 Å². The summed E-state index contributed by atoms with van der Waals surface area (Å²) in [5.41, 5.74) is 8.17. The minimum Gasteiger partial charge on any atom is -0.338 e. The number of benzene rings is 2. The van der Waals surface area contributed by atoms with Gasteiger partial charge in [0.05, 0.1) is 10.0 Å². The van der Waals surface area contributed by atoms with Crippen LogP contribution < -0.4 is 5.73 Å². The molecule has 1 aliphatic heterocycles. The number of amides is 1. The predicted molar refractivity (Wildman–Crippen MR) is 102 cm³/mol. The van der Waals surface area contributed by atoms with Crippen molar-refractivity contribution in [2.24, 2.45) is 11.7 Å². The molecule has 1 atom stereocenters. The zero-order chi connectivity index (χ0) is 16.4. The number of nitrogens with zero attached hydrogens (tertiary/aromatic N) is 1. The molecule has 3 nitrogen and oxygen atoms in total. The van der Waals surface area contributed by atoms with Crippen molar-refractivity contribution in [1.82, 2.24) is 4.90 Å². The summed E-state index contributed by atoms with van der Waals surface area (Å²) in [4.78, 5) is 14.4. The second kappa shape index (κ2) is 8.21. The number of carbonyl (C=O) groups is 1. The van der Waals surface area contributed by atoms with Crippen molar-refractivity contribution in [3.63, 3.8) is 0 Å².